The van der Waals surface area contributed by atoms with Crippen molar-refractivity contribution in [3.8, 4) is 0 Å². The minimum absolute atomic E-state index is 0.0501. The summed E-state index contributed by atoms with van der Waals surface area (Å²) in [5.41, 5.74) is 0.314. The van der Waals surface area contributed by atoms with Crippen molar-refractivity contribution in [2.45, 2.75) is 6.92 Å². The summed E-state index contributed by atoms with van der Waals surface area (Å²) >= 11 is 6.83. The van der Waals surface area contributed by atoms with Gasteiger partial charge in [0, 0.05) is 11.4 Å². The standard InChI is InChI=1S/C10H7ClF2N2S/c1-5-2-7(13)8(3-6(5)12)14-10-15-9(11)4-16-10/h2-4H,1H3,(H,14,15). The van der Waals surface area contributed by atoms with Crippen molar-refractivity contribution in [1.29, 1.82) is 0 Å². The Morgan fingerprint density at radius 2 is 2.06 bits per heavy atom. The fourth-order valence-electron chi connectivity index (χ4n) is 1.17. The Bertz CT molecular complexity index is 528. The Morgan fingerprint density at radius 1 is 1.31 bits per heavy atom. The molecule has 0 spiro atoms. The molecule has 1 heterocycles. The maximum atomic E-state index is 13.4. The molecule has 2 nitrogen and oxygen atoms in total. The third-order valence-electron chi connectivity index (χ3n) is 1.97. The van der Waals surface area contributed by atoms with Crippen molar-refractivity contribution in [2.75, 3.05) is 5.32 Å². The van der Waals surface area contributed by atoms with E-state index in [0.29, 0.717) is 10.3 Å². The molecule has 1 N–H and O–H groups in total. The summed E-state index contributed by atoms with van der Waals surface area (Å²) in [6, 6.07) is 2.23. The van der Waals surface area contributed by atoms with Crippen molar-refractivity contribution in [3.05, 3.63) is 39.9 Å². The average Bonchev–Trinajstić information content (AvgIpc) is 2.60. The van der Waals surface area contributed by atoms with Crippen LogP contribution in [0.1, 0.15) is 5.56 Å². The first-order chi connectivity index (χ1) is 7.56. The van der Waals surface area contributed by atoms with E-state index >= 15 is 0 Å². The van der Waals surface area contributed by atoms with Gasteiger partial charge in [-0.3, -0.25) is 0 Å². The van der Waals surface area contributed by atoms with Gasteiger partial charge in [-0.25, -0.2) is 13.8 Å². The number of benzene rings is 1. The maximum Gasteiger partial charge on any atom is 0.188 e. The zero-order chi connectivity index (χ0) is 11.7. The molecular formula is C10H7ClF2N2S. The van der Waals surface area contributed by atoms with E-state index in [2.05, 4.69) is 10.3 Å². The number of thiazole rings is 1. The summed E-state index contributed by atoms with van der Waals surface area (Å²) in [5, 5.41) is 5.02. The predicted octanol–water partition coefficient (Wildman–Crippen LogP) is 4.13. The highest BCUT2D eigenvalue weighted by Gasteiger charge is 2.09. The van der Waals surface area contributed by atoms with Crippen LogP contribution in [0.3, 0.4) is 0 Å². The molecule has 0 amide bonds. The van der Waals surface area contributed by atoms with Gasteiger partial charge >= 0.3 is 0 Å². The van der Waals surface area contributed by atoms with Gasteiger partial charge in [0.2, 0.25) is 0 Å². The fraction of sp³-hybridized carbons (Fsp3) is 0.100. The van der Waals surface area contributed by atoms with Gasteiger partial charge in [0.1, 0.15) is 16.8 Å². The van der Waals surface area contributed by atoms with E-state index in [1.807, 2.05) is 0 Å². The van der Waals surface area contributed by atoms with Crippen LogP contribution in [-0.4, -0.2) is 4.98 Å². The Kier molecular flexibility index (Phi) is 3.07. The lowest BCUT2D eigenvalue weighted by Crippen LogP contribution is -1.96. The highest BCUT2D eigenvalue weighted by molar-refractivity contribution is 7.14. The van der Waals surface area contributed by atoms with Crippen molar-refractivity contribution in [2.24, 2.45) is 0 Å². The normalized spacial score (nSPS) is 10.5. The molecule has 0 saturated carbocycles. The lowest BCUT2D eigenvalue weighted by molar-refractivity contribution is 0.595. The van der Waals surface area contributed by atoms with Crippen molar-refractivity contribution in [3.63, 3.8) is 0 Å². The van der Waals surface area contributed by atoms with Gasteiger partial charge in [-0.05, 0) is 18.6 Å². The van der Waals surface area contributed by atoms with Gasteiger partial charge in [0.25, 0.3) is 0 Å². The number of aryl methyl sites for hydroxylation is 1. The molecule has 16 heavy (non-hydrogen) atoms. The van der Waals surface area contributed by atoms with E-state index in [1.54, 1.807) is 5.38 Å². The van der Waals surface area contributed by atoms with Crippen LogP contribution in [0.15, 0.2) is 17.5 Å². The van der Waals surface area contributed by atoms with Crippen LogP contribution in [-0.2, 0) is 0 Å². The number of anilines is 2. The van der Waals surface area contributed by atoms with Gasteiger partial charge in [0.15, 0.2) is 5.13 Å². The van der Waals surface area contributed by atoms with E-state index < -0.39 is 11.6 Å². The Balaban J connectivity index is 2.31. The summed E-state index contributed by atoms with van der Waals surface area (Å²) < 4.78 is 26.7. The second-order valence-corrected chi connectivity index (χ2v) is 4.43. The Morgan fingerprint density at radius 3 is 2.69 bits per heavy atom. The Labute approximate surface area is 99.9 Å². The van der Waals surface area contributed by atoms with E-state index in [1.165, 1.54) is 18.3 Å². The molecular weight excluding hydrogens is 254 g/mol. The number of nitrogens with zero attached hydrogens (tertiary/aromatic N) is 1. The van der Waals surface area contributed by atoms with Crippen molar-refractivity contribution in [1.82, 2.24) is 4.98 Å². The molecule has 0 aliphatic rings. The molecule has 84 valence electrons. The quantitative estimate of drug-likeness (QED) is 0.878. The topological polar surface area (TPSA) is 24.9 Å². The van der Waals surface area contributed by atoms with E-state index in [9.17, 15) is 8.78 Å². The molecule has 0 radical (unpaired) electrons. The van der Waals surface area contributed by atoms with Gasteiger partial charge < -0.3 is 5.32 Å². The summed E-state index contributed by atoms with van der Waals surface area (Å²) in [4.78, 5) is 3.88. The van der Waals surface area contributed by atoms with E-state index in [-0.39, 0.29) is 11.3 Å². The lowest BCUT2D eigenvalue weighted by atomic mass is 10.2. The smallest absolute Gasteiger partial charge is 0.188 e. The van der Waals surface area contributed by atoms with Gasteiger partial charge in [-0.2, -0.15) is 0 Å². The maximum absolute atomic E-state index is 13.4. The summed E-state index contributed by atoms with van der Waals surface area (Å²) in [6.45, 7) is 1.50. The number of nitrogens with one attached hydrogen (secondary N) is 1. The zero-order valence-corrected chi connectivity index (χ0v) is 9.79. The highest BCUT2D eigenvalue weighted by Crippen LogP contribution is 2.26. The summed E-state index contributed by atoms with van der Waals surface area (Å²) in [6.07, 6.45) is 0. The van der Waals surface area contributed by atoms with E-state index in [4.69, 9.17) is 11.6 Å². The monoisotopic (exact) mass is 260 g/mol. The fourth-order valence-corrected chi connectivity index (χ4v) is 2.02. The number of halogens is 3. The first kappa shape index (κ1) is 11.3. The number of rotatable bonds is 2. The number of aromatic nitrogens is 1. The summed E-state index contributed by atoms with van der Waals surface area (Å²) in [7, 11) is 0. The van der Waals surface area contributed by atoms with Gasteiger partial charge in [-0.1, -0.05) is 11.6 Å². The summed E-state index contributed by atoms with van der Waals surface area (Å²) in [5.74, 6) is -0.989. The average molecular weight is 261 g/mol. The highest BCUT2D eigenvalue weighted by atomic mass is 35.5. The molecule has 1 aromatic carbocycles. The first-order valence-corrected chi connectivity index (χ1v) is 5.65. The molecule has 2 aromatic rings. The zero-order valence-electron chi connectivity index (χ0n) is 8.22. The molecule has 0 aliphatic carbocycles. The van der Waals surface area contributed by atoms with Crippen LogP contribution in [0.5, 0.6) is 0 Å². The van der Waals surface area contributed by atoms with Crippen LogP contribution in [0.25, 0.3) is 0 Å². The molecule has 1 aromatic heterocycles. The molecule has 0 aliphatic heterocycles. The molecule has 6 heteroatoms. The van der Waals surface area contributed by atoms with Gasteiger partial charge in [-0.15, -0.1) is 11.3 Å². The SMILES string of the molecule is Cc1cc(F)c(Nc2nc(Cl)cs2)cc1F. The molecule has 0 unspecified atom stereocenters. The largest absolute Gasteiger partial charge is 0.329 e. The number of hydrogen-bond donors (Lipinski definition) is 1. The van der Waals surface area contributed by atoms with Crippen LogP contribution in [0.2, 0.25) is 5.15 Å². The van der Waals surface area contributed by atoms with Crippen LogP contribution in [0, 0.1) is 18.6 Å². The van der Waals surface area contributed by atoms with Crippen molar-refractivity contribution < 1.29 is 8.78 Å². The predicted molar refractivity (Wildman–Crippen MR) is 61.5 cm³/mol. The molecule has 0 saturated heterocycles. The van der Waals surface area contributed by atoms with Crippen LogP contribution in [0.4, 0.5) is 19.6 Å². The Hall–Kier alpha value is -1.20. The molecule has 0 bridgehead atoms. The second kappa shape index (κ2) is 4.35. The van der Waals surface area contributed by atoms with Crippen molar-refractivity contribution >= 4 is 33.8 Å². The minimum atomic E-state index is -0.523. The third kappa shape index (κ3) is 2.31. The van der Waals surface area contributed by atoms with Crippen LogP contribution >= 0.6 is 22.9 Å². The minimum Gasteiger partial charge on any atom is -0.329 e. The van der Waals surface area contributed by atoms with E-state index in [0.717, 1.165) is 12.1 Å². The molecule has 0 atom stereocenters. The molecule has 2 rings (SSSR count). The first-order valence-electron chi connectivity index (χ1n) is 4.40. The molecule has 0 fully saturated rings. The second-order valence-electron chi connectivity index (χ2n) is 3.18. The lowest BCUT2D eigenvalue weighted by Gasteiger charge is -2.05. The van der Waals surface area contributed by atoms with Crippen LogP contribution < -0.4 is 5.32 Å². The van der Waals surface area contributed by atoms with Gasteiger partial charge in [0.05, 0.1) is 5.69 Å². The number of hydrogen-bond acceptors (Lipinski definition) is 3. The third-order valence-corrected chi connectivity index (χ3v) is 3.05.